The number of piperidine rings is 1. The third-order valence-corrected chi connectivity index (χ3v) is 4.55. The van der Waals surface area contributed by atoms with Crippen molar-refractivity contribution >= 4 is 0 Å². The molecule has 2 atom stereocenters. The molecule has 2 fully saturated rings. The molecule has 0 spiro atoms. The van der Waals surface area contributed by atoms with Crippen LogP contribution in [0.25, 0.3) is 0 Å². The molecule has 2 saturated heterocycles. The van der Waals surface area contributed by atoms with E-state index in [1.54, 1.807) is 0 Å². The van der Waals surface area contributed by atoms with Gasteiger partial charge >= 0.3 is 0 Å². The second-order valence-corrected chi connectivity index (χ2v) is 5.75. The molecular formula is C16H23NO. The largest absolute Gasteiger partial charge is 0.378 e. The lowest BCUT2D eigenvalue weighted by Gasteiger charge is -2.48. The zero-order chi connectivity index (χ0) is 12.4. The summed E-state index contributed by atoms with van der Waals surface area (Å²) < 4.78 is 5.76. The highest BCUT2D eigenvalue weighted by molar-refractivity contribution is 5.15. The molecule has 3 rings (SSSR count). The number of hydrogen-bond acceptors (Lipinski definition) is 2. The Balaban J connectivity index is 1.72. The Morgan fingerprint density at radius 2 is 1.78 bits per heavy atom. The molecule has 2 heterocycles. The van der Waals surface area contributed by atoms with Gasteiger partial charge in [-0.1, -0.05) is 43.7 Å². The van der Waals surface area contributed by atoms with E-state index in [1.807, 2.05) is 0 Å². The summed E-state index contributed by atoms with van der Waals surface area (Å²) in [7, 11) is 0. The van der Waals surface area contributed by atoms with Gasteiger partial charge in [0.1, 0.15) is 0 Å². The number of benzene rings is 1. The Kier molecular flexibility index (Phi) is 3.67. The summed E-state index contributed by atoms with van der Waals surface area (Å²) in [6.45, 7) is 5.28. The Morgan fingerprint density at radius 1 is 1.11 bits per heavy atom. The number of nitrogens with zero attached hydrogens (tertiary/aromatic N) is 1. The first-order valence-electron chi connectivity index (χ1n) is 7.24. The van der Waals surface area contributed by atoms with Crippen molar-refractivity contribution in [1.29, 1.82) is 0 Å². The molecule has 2 bridgehead atoms. The van der Waals surface area contributed by atoms with Crippen LogP contribution in [0.4, 0.5) is 0 Å². The fraction of sp³-hybridized carbons (Fsp3) is 0.625. The molecule has 2 aliphatic rings. The molecule has 2 nitrogen and oxygen atoms in total. The zero-order valence-electron chi connectivity index (χ0n) is 11.2. The lowest BCUT2D eigenvalue weighted by molar-refractivity contribution is -0.0921. The third-order valence-electron chi connectivity index (χ3n) is 4.55. The van der Waals surface area contributed by atoms with Gasteiger partial charge in [0.25, 0.3) is 0 Å². The molecule has 18 heavy (non-hydrogen) atoms. The first kappa shape index (κ1) is 12.2. The molecule has 2 heteroatoms. The number of rotatable bonds is 3. The second-order valence-electron chi connectivity index (χ2n) is 5.75. The Morgan fingerprint density at radius 3 is 2.39 bits per heavy atom. The van der Waals surface area contributed by atoms with E-state index in [9.17, 15) is 0 Å². The topological polar surface area (TPSA) is 12.5 Å². The summed E-state index contributed by atoms with van der Waals surface area (Å²) in [5.41, 5.74) is 1.43. The molecule has 0 aromatic heterocycles. The number of hydrogen-bond donors (Lipinski definition) is 0. The van der Waals surface area contributed by atoms with Crippen molar-refractivity contribution in [3.63, 3.8) is 0 Å². The Bertz CT molecular complexity index is 364. The molecule has 0 aliphatic carbocycles. The van der Waals surface area contributed by atoms with Gasteiger partial charge in [0.05, 0.1) is 13.2 Å². The van der Waals surface area contributed by atoms with E-state index in [1.165, 1.54) is 24.8 Å². The van der Waals surface area contributed by atoms with Crippen molar-refractivity contribution in [2.75, 3.05) is 13.2 Å². The van der Waals surface area contributed by atoms with Crippen LogP contribution in [0.15, 0.2) is 30.3 Å². The van der Waals surface area contributed by atoms with Crippen LogP contribution in [-0.2, 0) is 11.3 Å². The lowest BCUT2D eigenvalue weighted by atomic mass is 9.83. The SMILES string of the molecule is CCC1CC2COCC(C1)N2Cc1ccccc1. The van der Waals surface area contributed by atoms with Gasteiger partial charge in [-0.15, -0.1) is 0 Å². The number of ether oxygens (including phenoxy) is 1. The van der Waals surface area contributed by atoms with E-state index in [2.05, 4.69) is 42.2 Å². The minimum absolute atomic E-state index is 0.641. The van der Waals surface area contributed by atoms with Gasteiger partial charge in [-0.05, 0) is 24.3 Å². The van der Waals surface area contributed by atoms with Crippen LogP contribution in [0, 0.1) is 5.92 Å². The van der Waals surface area contributed by atoms with E-state index in [-0.39, 0.29) is 0 Å². The second kappa shape index (κ2) is 5.41. The maximum atomic E-state index is 5.76. The first-order valence-corrected chi connectivity index (χ1v) is 7.24. The van der Waals surface area contributed by atoms with Crippen LogP contribution in [-0.4, -0.2) is 30.2 Å². The highest BCUT2D eigenvalue weighted by Gasteiger charge is 2.38. The Labute approximate surface area is 110 Å². The van der Waals surface area contributed by atoms with Crippen LogP contribution in [0.5, 0.6) is 0 Å². The normalized spacial score (nSPS) is 32.4. The first-order chi connectivity index (χ1) is 8.86. The average molecular weight is 245 g/mol. The van der Waals surface area contributed by atoms with Gasteiger partial charge < -0.3 is 4.74 Å². The molecular weight excluding hydrogens is 222 g/mol. The number of fused-ring (bicyclic) bond motifs is 2. The maximum absolute atomic E-state index is 5.76. The highest BCUT2D eigenvalue weighted by Crippen LogP contribution is 2.34. The van der Waals surface area contributed by atoms with Crippen LogP contribution < -0.4 is 0 Å². The van der Waals surface area contributed by atoms with Crippen molar-refractivity contribution in [3.8, 4) is 0 Å². The molecule has 0 amide bonds. The summed E-state index contributed by atoms with van der Waals surface area (Å²) in [5.74, 6) is 0.913. The number of morpholine rings is 1. The fourth-order valence-electron chi connectivity index (χ4n) is 3.49. The van der Waals surface area contributed by atoms with Crippen molar-refractivity contribution in [2.45, 2.75) is 44.8 Å². The van der Waals surface area contributed by atoms with Gasteiger partial charge in [0.15, 0.2) is 0 Å². The average Bonchev–Trinajstić information content (AvgIpc) is 2.39. The van der Waals surface area contributed by atoms with Gasteiger partial charge in [-0.3, -0.25) is 4.90 Å². The van der Waals surface area contributed by atoms with Crippen LogP contribution >= 0.6 is 0 Å². The van der Waals surface area contributed by atoms with Crippen molar-refractivity contribution in [1.82, 2.24) is 4.90 Å². The fourth-order valence-corrected chi connectivity index (χ4v) is 3.49. The summed E-state index contributed by atoms with van der Waals surface area (Å²) in [6, 6.07) is 12.1. The third kappa shape index (κ3) is 2.45. The van der Waals surface area contributed by atoms with E-state index < -0.39 is 0 Å². The van der Waals surface area contributed by atoms with E-state index in [4.69, 9.17) is 4.74 Å². The predicted octanol–water partition coefficient (Wildman–Crippen LogP) is 3.08. The molecule has 2 aliphatic heterocycles. The summed E-state index contributed by atoms with van der Waals surface area (Å²) in [4.78, 5) is 2.69. The standard InChI is InChI=1S/C16H23NO/c1-2-13-8-15-11-18-12-16(9-13)17(15)10-14-6-4-3-5-7-14/h3-7,13,15-16H,2,8-12H2,1H3. The lowest BCUT2D eigenvalue weighted by Crippen LogP contribution is -2.56. The van der Waals surface area contributed by atoms with Crippen LogP contribution in [0.3, 0.4) is 0 Å². The monoisotopic (exact) mass is 245 g/mol. The summed E-state index contributed by atoms with van der Waals surface area (Å²) >= 11 is 0. The molecule has 1 aromatic rings. The van der Waals surface area contributed by atoms with Gasteiger partial charge in [-0.25, -0.2) is 0 Å². The molecule has 1 aromatic carbocycles. The van der Waals surface area contributed by atoms with Crippen molar-refractivity contribution < 1.29 is 4.74 Å². The zero-order valence-corrected chi connectivity index (χ0v) is 11.2. The maximum Gasteiger partial charge on any atom is 0.0623 e. The van der Waals surface area contributed by atoms with Crippen molar-refractivity contribution in [3.05, 3.63) is 35.9 Å². The van der Waals surface area contributed by atoms with E-state index >= 15 is 0 Å². The van der Waals surface area contributed by atoms with Crippen molar-refractivity contribution in [2.24, 2.45) is 5.92 Å². The molecule has 98 valence electrons. The molecule has 0 radical (unpaired) electrons. The predicted molar refractivity (Wildman–Crippen MR) is 73.4 cm³/mol. The summed E-state index contributed by atoms with van der Waals surface area (Å²) in [5, 5.41) is 0. The minimum Gasteiger partial charge on any atom is -0.378 e. The minimum atomic E-state index is 0.641. The van der Waals surface area contributed by atoms with Gasteiger partial charge in [0.2, 0.25) is 0 Å². The van der Waals surface area contributed by atoms with Gasteiger partial charge in [-0.2, -0.15) is 0 Å². The van der Waals surface area contributed by atoms with Gasteiger partial charge in [0, 0.05) is 18.6 Å². The Hall–Kier alpha value is -0.860. The molecule has 2 unspecified atom stereocenters. The van der Waals surface area contributed by atoms with E-state index in [0.29, 0.717) is 12.1 Å². The molecule has 0 saturated carbocycles. The summed E-state index contributed by atoms with van der Waals surface area (Å²) in [6.07, 6.45) is 3.96. The smallest absolute Gasteiger partial charge is 0.0623 e. The van der Waals surface area contributed by atoms with Crippen LogP contribution in [0.1, 0.15) is 31.7 Å². The highest BCUT2D eigenvalue weighted by atomic mass is 16.5. The quantitative estimate of drug-likeness (QED) is 0.811. The molecule has 0 N–H and O–H groups in total. The van der Waals surface area contributed by atoms with E-state index in [0.717, 1.165) is 25.7 Å². The van der Waals surface area contributed by atoms with Crippen LogP contribution in [0.2, 0.25) is 0 Å².